The van der Waals surface area contributed by atoms with Gasteiger partial charge in [0.05, 0.1) is 5.92 Å². The summed E-state index contributed by atoms with van der Waals surface area (Å²) in [5.74, 6) is -1.64. The number of hydrogen-bond acceptors (Lipinski definition) is 3. The molecule has 1 atom stereocenters. The van der Waals surface area contributed by atoms with Crippen LogP contribution in [0.2, 0.25) is 0 Å². The van der Waals surface area contributed by atoms with E-state index in [9.17, 15) is 14.7 Å². The van der Waals surface area contributed by atoms with Gasteiger partial charge in [0.25, 0.3) is 5.91 Å². The average Bonchev–Trinajstić information content (AvgIpc) is 2.78. The number of nitrogens with one attached hydrogen (secondary N) is 1. The largest absolute Gasteiger partial charge is 0.481 e. The van der Waals surface area contributed by atoms with Crippen molar-refractivity contribution >= 4 is 27.8 Å². The van der Waals surface area contributed by atoms with Gasteiger partial charge in [-0.05, 0) is 40.8 Å². The molecule has 1 aromatic heterocycles. The molecule has 6 nitrogen and oxygen atoms in total. The molecule has 2 heterocycles. The molecule has 1 aromatic rings. The number of hydrogen-bond donors (Lipinski definition) is 2. The van der Waals surface area contributed by atoms with E-state index >= 15 is 0 Å². The van der Waals surface area contributed by atoms with Crippen LogP contribution in [-0.4, -0.2) is 41.3 Å². The minimum absolute atomic E-state index is 0.0525. The molecule has 0 aliphatic carbocycles. The Morgan fingerprint density at radius 1 is 1.52 bits per heavy atom. The molecule has 0 spiro atoms. The lowest BCUT2D eigenvalue weighted by atomic mass is 9.86. The Labute approximate surface area is 131 Å². The van der Waals surface area contributed by atoms with Crippen molar-refractivity contribution in [1.29, 1.82) is 0 Å². The quantitative estimate of drug-likeness (QED) is 0.838. The number of carboxylic acids is 1. The van der Waals surface area contributed by atoms with Gasteiger partial charge in [-0.1, -0.05) is 0 Å². The van der Waals surface area contributed by atoms with E-state index in [0.29, 0.717) is 18.9 Å². The predicted molar refractivity (Wildman–Crippen MR) is 80.1 cm³/mol. The number of carbonyl (C=O) groups is 2. The van der Waals surface area contributed by atoms with Crippen LogP contribution in [0.1, 0.15) is 23.3 Å². The van der Waals surface area contributed by atoms with Crippen LogP contribution >= 0.6 is 15.9 Å². The van der Waals surface area contributed by atoms with Gasteiger partial charge in [-0.2, -0.15) is 0 Å². The fraction of sp³-hybridized carbons (Fsp3) is 0.571. The van der Waals surface area contributed by atoms with Crippen LogP contribution in [0.15, 0.2) is 16.7 Å². The summed E-state index contributed by atoms with van der Waals surface area (Å²) in [6, 6.07) is 1.71. The third-order valence-electron chi connectivity index (χ3n) is 3.84. The number of amides is 1. The Morgan fingerprint density at radius 2 is 2.19 bits per heavy atom. The Hall–Kier alpha value is -1.34. The van der Waals surface area contributed by atoms with E-state index in [-0.39, 0.29) is 18.4 Å². The molecule has 1 amide bonds. The monoisotopic (exact) mass is 358 g/mol. The minimum Gasteiger partial charge on any atom is -0.481 e. The van der Waals surface area contributed by atoms with E-state index in [4.69, 9.17) is 4.74 Å². The van der Waals surface area contributed by atoms with Gasteiger partial charge in [-0.25, -0.2) is 0 Å². The zero-order valence-electron chi connectivity index (χ0n) is 11.8. The van der Waals surface area contributed by atoms with Crippen LogP contribution in [0.3, 0.4) is 0 Å². The van der Waals surface area contributed by atoms with E-state index < -0.39 is 11.9 Å². The lowest BCUT2D eigenvalue weighted by molar-refractivity contribution is -0.144. The van der Waals surface area contributed by atoms with Crippen molar-refractivity contribution in [1.82, 2.24) is 9.88 Å². The maximum atomic E-state index is 12.1. The number of carbonyl (C=O) groups excluding carboxylic acids is 1. The van der Waals surface area contributed by atoms with Gasteiger partial charge in [-0.3, -0.25) is 9.59 Å². The number of rotatable bonds is 5. The second-order valence-electron chi connectivity index (χ2n) is 5.26. The number of aliphatic carboxylic acids is 1. The molecule has 1 unspecified atom stereocenters. The van der Waals surface area contributed by atoms with Crippen molar-refractivity contribution in [2.24, 2.45) is 18.9 Å². The molecule has 2 N–H and O–H groups in total. The number of ether oxygens (including phenoxy) is 1. The van der Waals surface area contributed by atoms with E-state index in [2.05, 4.69) is 21.2 Å². The van der Waals surface area contributed by atoms with Crippen LogP contribution in [0.4, 0.5) is 0 Å². The number of carboxylic acid groups (broad SMARTS) is 1. The summed E-state index contributed by atoms with van der Waals surface area (Å²) in [6.07, 6.45) is 3.23. The molecule has 1 aliphatic heterocycles. The third-order valence-corrected chi connectivity index (χ3v) is 4.27. The summed E-state index contributed by atoms with van der Waals surface area (Å²) >= 11 is 3.31. The first-order chi connectivity index (χ1) is 9.99. The van der Waals surface area contributed by atoms with Gasteiger partial charge in [0.2, 0.25) is 0 Å². The smallest absolute Gasteiger partial charge is 0.308 e. The van der Waals surface area contributed by atoms with Crippen LogP contribution in [-0.2, 0) is 16.6 Å². The van der Waals surface area contributed by atoms with E-state index in [1.165, 1.54) is 0 Å². The Balaban J connectivity index is 1.96. The second-order valence-corrected chi connectivity index (χ2v) is 6.17. The number of aryl methyl sites for hydroxylation is 1. The van der Waals surface area contributed by atoms with Crippen molar-refractivity contribution in [3.05, 3.63) is 22.4 Å². The highest BCUT2D eigenvalue weighted by Gasteiger charge is 2.30. The normalized spacial score (nSPS) is 17.4. The van der Waals surface area contributed by atoms with Gasteiger partial charge in [0.1, 0.15) is 5.69 Å². The molecule has 1 aliphatic rings. The summed E-state index contributed by atoms with van der Waals surface area (Å²) < 4.78 is 7.77. The fourth-order valence-corrected chi connectivity index (χ4v) is 3.14. The molecule has 1 saturated heterocycles. The number of aromatic nitrogens is 1. The SMILES string of the molecule is Cn1cc(Br)cc1C(=O)NCC(C(=O)O)C1CCOCC1. The van der Waals surface area contributed by atoms with Crippen LogP contribution in [0, 0.1) is 11.8 Å². The maximum Gasteiger partial charge on any atom is 0.308 e. The van der Waals surface area contributed by atoms with Crippen LogP contribution in [0.5, 0.6) is 0 Å². The number of nitrogens with zero attached hydrogens (tertiary/aromatic N) is 1. The van der Waals surface area contributed by atoms with E-state index in [1.807, 2.05) is 0 Å². The van der Waals surface area contributed by atoms with Gasteiger partial charge in [-0.15, -0.1) is 0 Å². The molecule has 21 heavy (non-hydrogen) atoms. The fourth-order valence-electron chi connectivity index (χ4n) is 2.62. The molecular formula is C14H19BrN2O4. The van der Waals surface area contributed by atoms with Crippen molar-refractivity contribution in [2.75, 3.05) is 19.8 Å². The predicted octanol–water partition coefficient (Wildman–Crippen LogP) is 1.64. The Kier molecular flexibility index (Phi) is 5.41. The first-order valence-electron chi connectivity index (χ1n) is 6.89. The molecule has 0 bridgehead atoms. The molecule has 7 heteroatoms. The van der Waals surface area contributed by atoms with Crippen LogP contribution in [0.25, 0.3) is 0 Å². The zero-order valence-corrected chi connectivity index (χ0v) is 13.4. The van der Waals surface area contributed by atoms with Gasteiger partial charge in [0, 0.05) is 37.5 Å². The average molecular weight is 359 g/mol. The Morgan fingerprint density at radius 3 is 2.71 bits per heavy atom. The highest BCUT2D eigenvalue weighted by Crippen LogP contribution is 2.24. The lowest BCUT2D eigenvalue weighted by Gasteiger charge is -2.27. The van der Waals surface area contributed by atoms with Crippen LogP contribution < -0.4 is 5.32 Å². The highest BCUT2D eigenvalue weighted by atomic mass is 79.9. The second kappa shape index (κ2) is 7.09. The van der Waals surface area contributed by atoms with Crippen molar-refractivity contribution in [3.63, 3.8) is 0 Å². The van der Waals surface area contributed by atoms with Gasteiger partial charge in [0.15, 0.2) is 0 Å². The highest BCUT2D eigenvalue weighted by molar-refractivity contribution is 9.10. The van der Waals surface area contributed by atoms with Crippen molar-refractivity contribution in [2.45, 2.75) is 12.8 Å². The summed E-state index contributed by atoms with van der Waals surface area (Å²) in [5.41, 5.74) is 0.498. The molecule has 116 valence electrons. The Bertz CT molecular complexity index is 523. The summed E-state index contributed by atoms with van der Waals surface area (Å²) in [7, 11) is 1.77. The van der Waals surface area contributed by atoms with Crippen molar-refractivity contribution < 1.29 is 19.4 Å². The molecular weight excluding hydrogens is 340 g/mol. The zero-order chi connectivity index (χ0) is 15.4. The molecule has 2 rings (SSSR count). The van der Waals surface area contributed by atoms with Crippen molar-refractivity contribution in [3.8, 4) is 0 Å². The number of halogens is 1. The summed E-state index contributed by atoms with van der Waals surface area (Å²) in [4.78, 5) is 23.5. The van der Waals surface area contributed by atoms with Gasteiger partial charge < -0.3 is 19.7 Å². The molecule has 0 saturated carbocycles. The molecule has 1 fully saturated rings. The van der Waals surface area contributed by atoms with E-state index in [0.717, 1.165) is 17.3 Å². The maximum absolute atomic E-state index is 12.1. The first kappa shape index (κ1) is 16.0. The van der Waals surface area contributed by atoms with Gasteiger partial charge >= 0.3 is 5.97 Å². The third kappa shape index (κ3) is 4.07. The minimum atomic E-state index is -0.865. The molecule has 0 radical (unpaired) electrons. The summed E-state index contributed by atoms with van der Waals surface area (Å²) in [5, 5.41) is 12.1. The summed E-state index contributed by atoms with van der Waals surface area (Å²) in [6.45, 7) is 1.32. The first-order valence-corrected chi connectivity index (χ1v) is 7.69. The standard InChI is InChI=1S/C14H19BrN2O4/c1-17-8-10(15)6-12(17)13(18)16-7-11(14(19)20)9-2-4-21-5-3-9/h6,8-9,11H,2-5,7H2,1H3,(H,16,18)(H,19,20). The molecule has 0 aromatic carbocycles. The lowest BCUT2D eigenvalue weighted by Crippen LogP contribution is -2.39. The topological polar surface area (TPSA) is 80.6 Å². The van der Waals surface area contributed by atoms with E-state index in [1.54, 1.807) is 23.9 Å².